The normalized spacial score (nSPS) is 11.8. The topological polar surface area (TPSA) is 57.9 Å². The van der Waals surface area contributed by atoms with Crippen molar-refractivity contribution < 1.29 is 4.74 Å². The average molecular weight is 480 g/mol. The number of aryl methyl sites for hydroxylation is 1. The van der Waals surface area contributed by atoms with Gasteiger partial charge >= 0.3 is 0 Å². The van der Waals surface area contributed by atoms with E-state index < -0.39 is 0 Å². The van der Waals surface area contributed by atoms with Crippen molar-refractivity contribution in [1.82, 2.24) is 24.9 Å². The molecule has 0 amide bonds. The predicted molar refractivity (Wildman–Crippen MR) is 120 cm³/mol. The van der Waals surface area contributed by atoms with Gasteiger partial charge in [0, 0.05) is 59.6 Å². The maximum Gasteiger partial charge on any atom is 0.193 e. The fraction of sp³-hybridized carbons (Fsp3) is 0.778. The summed E-state index contributed by atoms with van der Waals surface area (Å²) < 4.78 is 6.99. The standard InChI is InChI=1S/C18H36N6O.HI/c1-15(2)17-16(14-24(6)21-17)13-23(5)18(19-3)20-9-8-10-22(4)11-12-25-7;/h14-15H,8-13H2,1-7H3,(H,19,20);1H. The first-order valence-electron chi connectivity index (χ1n) is 9.00. The van der Waals surface area contributed by atoms with Crippen LogP contribution in [-0.2, 0) is 18.3 Å². The van der Waals surface area contributed by atoms with E-state index in [0.29, 0.717) is 5.92 Å². The predicted octanol–water partition coefficient (Wildman–Crippen LogP) is 2.14. The first-order chi connectivity index (χ1) is 11.9. The highest BCUT2D eigenvalue weighted by molar-refractivity contribution is 14.0. The molecule has 0 bridgehead atoms. The van der Waals surface area contributed by atoms with Gasteiger partial charge in [0.05, 0.1) is 12.3 Å². The highest BCUT2D eigenvalue weighted by Gasteiger charge is 2.14. The van der Waals surface area contributed by atoms with Crippen molar-refractivity contribution in [2.45, 2.75) is 32.7 Å². The zero-order valence-electron chi connectivity index (χ0n) is 17.4. The van der Waals surface area contributed by atoms with Crippen LogP contribution in [0.25, 0.3) is 0 Å². The van der Waals surface area contributed by atoms with Crippen LogP contribution >= 0.6 is 24.0 Å². The van der Waals surface area contributed by atoms with E-state index in [1.807, 2.05) is 18.8 Å². The maximum atomic E-state index is 5.10. The van der Waals surface area contributed by atoms with Crippen LogP contribution in [0.2, 0.25) is 0 Å². The van der Waals surface area contributed by atoms with Crippen molar-refractivity contribution >= 4 is 29.9 Å². The molecular weight excluding hydrogens is 443 g/mol. The Morgan fingerprint density at radius 1 is 1.35 bits per heavy atom. The molecule has 1 N–H and O–H groups in total. The first-order valence-corrected chi connectivity index (χ1v) is 9.00. The lowest BCUT2D eigenvalue weighted by molar-refractivity contribution is 0.161. The summed E-state index contributed by atoms with van der Waals surface area (Å²) in [4.78, 5) is 8.83. The fourth-order valence-corrected chi connectivity index (χ4v) is 2.79. The number of rotatable bonds is 10. The van der Waals surface area contributed by atoms with Crippen LogP contribution in [0.15, 0.2) is 11.2 Å². The molecule has 0 fully saturated rings. The van der Waals surface area contributed by atoms with Gasteiger partial charge in [0.2, 0.25) is 0 Å². The van der Waals surface area contributed by atoms with Crippen LogP contribution in [0.3, 0.4) is 0 Å². The Labute approximate surface area is 176 Å². The Balaban J connectivity index is 0.00000625. The Morgan fingerprint density at radius 3 is 2.62 bits per heavy atom. The molecule has 0 aliphatic heterocycles. The molecule has 1 aromatic heterocycles. The summed E-state index contributed by atoms with van der Waals surface area (Å²) >= 11 is 0. The highest BCUT2D eigenvalue weighted by Crippen LogP contribution is 2.18. The number of methoxy groups -OCH3 is 1. The smallest absolute Gasteiger partial charge is 0.193 e. The fourth-order valence-electron chi connectivity index (χ4n) is 2.79. The molecule has 0 saturated heterocycles. The molecule has 0 radical (unpaired) electrons. The third-order valence-electron chi connectivity index (χ3n) is 4.14. The Kier molecular flexibility index (Phi) is 12.9. The van der Waals surface area contributed by atoms with E-state index in [0.717, 1.165) is 50.9 Å². The number of aliphatic imine (C=N–C) groups is 1. The number of halogens is 1. The molecule has 0 spiro atoms. The Morgan fingerprint density at radius 2 is 2.04 bits per heavy atom. The van der Waals surface area contributed by atoms with E-state index in [4.69, 9.17) is 4.74 Å². The van der Waals surface area contributed by atoms with Gasteiger partial charge in [-0.15, -0.1) is 24.0 Å². The van der Waals surface area contributed by atoms with Gasteiger partial charge < -0.3 is 19.9 Å². The molecule has 0 atom stereocenters. The second-order valence-electron chi connectivity index (χ2n) is 6.85. The van der Waals surface area contributed by atoms with Gasteiger partial charge in [-0.3, -0.25) is 9.67 Å². The van der Waals surface area contributed by atoms with Gasteiger partial charge in [0.15, 0.2) is 5.96 Å². The summed E-state index contributed by atoms with van der Waals surface area (Å²) in [5, 5.41) is 8.03. The van der Waals surface area contributed by atoms with Crippen LogP contribution < -0.4 is 5.32 Å². The van der Waals surface area contributed by atoms with E-state index in [1.54, 1.807) is 7.11 Å². The lowest BCUT2D eigenvalue weighted by Gasteiger charge is -2.23. The van der Waals surface area contributed by atoms with E-state index in [2.05, 4.69) is 59.3 Å². The molecule has 26 heavy (non-hydrogen) atoms. The summed E-state index contributed by atoms with van der Waals surface area (Å²) in [6.07, 6.45) is 3.17. The molecule has 0 aliphatic rings. The molecule has 1 heterocycles. The minimum absolute atomic E-state index is 0. The molecule has 1 aromatic rings. The molecule has 152 valence electrons. The number of hydrogen-bond donors (Lipinski definition) is 1. The number of guanidine groups is 1. The summed E-state index contributed by atoms with van der Waals surface area (Å²) in [6.45, 7) is 8.84. The molecule has 7 nitrogen and oxygen atoms in total. The van der Waals surface area contributed by atoms with Crippen molar-refractivity contribution in [3.8, 4) is 0 Å². The van der Waals surface area contributed by atoms with Crippen molar-refractivity contribution in [2.24, 2.45) is 12.0 Å². The molecule has 1 rings (SSSR count). The first kappa shape index (κ1) is 25.1. The molecule has 0 unspecified atom stereocenters. The van der Waals surface area contributed by atoms with Gasteiger partial charge in [-0.05, 0) is 25.9 Å². The van der Waals surface area contributed by atoms with Gasteiger partial charge in [-0.1, -0.05) is 13.8 Å². The quantitative estimate of drug-likeness (QED) is 0.241. The summed E-state index contributed by atoms with van der Waals surface area (Å²) in [5.74, 6) is 1.33. The molecule has 8 heteroatoms. The number of nitrogens with zero attached hydrogens (tertiary/aromatic N) is 5. The van der Waals surface area contributed by atoms with E-state index in [-0.39, 0.29) is 24.0 Å². The van der Waals surface area contributed by atoms with Gasteiger partial charge in [-0.2, -0.15) is 5.10 Å². The second kappa shape index (κ2) is 13.3. The summed E-state index contributed by atoms with van der Waals surface area (Å²) in [7, 11) is 9.73. The van der Waals surface area contributed by atoms with E-state index in [1.165, 1.54) is 5.56 Å². The van der Waals surface area contributed by atoms with Crippen LogP contribution in [0, 0.1) is 0 Å². The van der Waals surface area contributed by atoms with Gasteiger partial charge in [-0.25, -0.2) is 0 Å². The van der Waals surface area contributed by atoms with Gasteiger partial charge in [0.1, 0.15) is 0 Å². The van der Waals surface area contributed by atoms with Crippen LogP contribution in [0.4, 0.5) is 0 Å². The van der Waals surface area contributed by atoms with Crippen molar-refractivity contribution in [3.05, 3.63) is 17.5 Å². The highest BCUT2D eigenvalue weighted by atomic mass is 127. The number of hydrogen-bond acceptors (Lipinski definition) is 4. The lowest BCUT2D eigenvalue weighted by Crippen LogP contribution is -2.39. The third kappa shape index (κ3) is 8.68. The van der Waals surface area contributed by atoms with Crippen LogP contribution in [0.1, 0.15) is 37.4 Å². The molecular formula is C18H37IN6O. The number of likely N-dealkylation sites (N-methyl/N-ethyl adjacent to an activating group) is 1. The third-order valence-corrected chi connectivity index (χ3v) is 4.14. The van der Waals surface area contributed by atoms with Gasteiger partial charge in [0.25, 0.3) is 0 Å². The van der Waals surface area contributed by atoms with Crippen molar-refractivity contribution in [1.29, 1.82) is 0 Å². The number of nitrogens with one attached hydrogen (secondary N) is 1. The van der Waals surface area contributed by atoms with E-state index in [9.17, 15) is 0 Å². The monoisotopic (exact) mass is 480 g/mol. The minimum atomic E-state index is 0. The lowest BCUT2D eigenvalue weighted by atomic mass is 10.1. The SMILES string of the molecule is CN=C(NCCCN(C)CCOC)N(C)Cc1cn(C)nc1C(C)C.I. The zero-order valence-corrected chi connectivity index (χ0v) is 19.8. The number of aromatic nitrogens is 2. The summed E-state index contributed by atoms with van der Waals surface area (Å²) in [5.41, 5.74) is 2.41. The Bertz CT molecular complexity index is 532. The maximum absolute atomic E-state index is 5.10. The van der Waals surface area contributed by atoms with Crippen molar-refractivity contribution in [3.63, 3.8) is 0 Å². The molecule has 0 aliphatic carbocycles. The second-order valence-corrected chi connectivity index (χ2v) is 6.85. The molecule has 0 saturated carbocycles. The number of ether oxygens (including phenoxy) is 1. The average Bonchev–Trinajstić information content (AvgIpc) is 2.93. The zero-order chi connectivity index (χ0) is 18.8. The van der Waals surface area contributed by atoms with Crippen LogP contribution in [0.5, 0.6) is 0 Å². The Hall–Kier alpha value is -0.870. The summed E-state index contributed by atoms with van der Waals surface area (Å²) in [6, 6.07) is 0. The minimum Gasteiger partial charge on any atom is -0.383 e. The van der Waals surface area contributed by atoms with Crippen molar-refractivity contribution in [2.75, 3.05) is 54.5 Å². The van der Waals surface area contributed by atoms with E-state index >= 15 is 0 Å². The molecule has 0 aromatic carbocycles. The van der Waals surface area contributed by atoms with Crippen LogP contribution in [-0.4, -0.2) is 80.0 Å². The largest absolute Gasteiger partial charge is 0.383 e.